The van der Waals surface area contributed by atoms with Gasteiger partial charge in [0.1, 0.15) is 0 Å². The van der Waals surface area contributed by atoms with Crippen LogP contribution in [0.1, 0.15) is 19.4 Å². The van der Waals surface area contributed by atoms with Gasteiger partial charge in [-0.1, -0.05) is 37.3 Å². The van der Waals surface area contributed by atoms with E-state index in [-0.39, 0.29) is 6.04 Å². The molecule has 0 heterocycles. The molecule has 0 saturated carbocycles. The predicted molar refractivity (Wildman–Crippen MR) is 61.0 cm³/mol. The lowest BCUT2D eigenvalue weighted by molar-refractivity contribution is 0.266. The third-order valence-electron chi connectivity index (χ3n) is 2.24. The van der Waals surface area contributed by atoms with Gasteiger partial charge in [0, 0.05) is 19.1 Å². The van der Waals surface area contributed by atoms with E-state index in [1.807, 2.05) is 13.0 Å². The van der Waals surface area contributed by atoms with Crippen molar-refractivity contribution in [3.63, 3.8) is 0 Å². The fourth-order valence-corrected chi connectivity index (χ4v) is 1.55. The molecule has 0 bridgehead atoms. The average Bonchev–Trinajstić information content (AvgIpc) is 2.17. The minimum atomic E-state index is 0.249. The Morgan fingerprint density at radius 3 is 2.43 bits per heavy atom. The summed E-state index contributed by atoms with van der Waals surface area (Å²) in [7, 11) is 0. The number of benzene rings is 1. The molecule has 0 fully saturated rings. The maximum atomic E-state index is 5.78. The molecule has 0 unspecified atom stereocenters. The average molecular weight is 192 g/mol. The molecular weight excluding hydrogens is 172 g/mol. The van der Waals surface area contributed by atoms with E-state index >= 15 is 0 Å². The molecule has 2 N–H and O–H groups in total. The first-order valence-electron chi connectivity index (χ1n) is 5.24. The summed E-state index contributed by atoms with van der Waals surface area (Å²) >= 11 is 0. The quantitative estimate of drug-likeness (QED) is 0.771. The van der Waals surface area contributed by atoms with Crippen molar-refractivity contribution in [2.75, 3.05) is 13.1 Å². The van der Waals surface area contributed by atoms with Crippen molar-refractivity contribution in [2.24, 2.45) is 5.73 Å². The third kappa shape index (κ3) is 3.90. The van der Waals surface area contributed by atoms with Gasteiger partial charge in [0.25, 0.3) is 0 Å². The highest BCUT2D eigenvalue weighted by molar-refractivity contribution is 5.14. The summed E-state index contributed by atoms with van der Waals surface area (Å²) in [4.78, 5) is 2.36. The molecule has 2 heteroatoms. The van der Waals surface area contributed by atoms with E-state index in [0.29, 0.717) is 0 Å². The fourth-order valence-electron chi connectivity index (χ4n) is 1.55. The van der Waals surface area contributed by atoms with Crippen LogP contribution in [0.15, 0.2) is 30.3 Å². The molecule has 0 aliphatic carbocycles. The van der Waals surface area contributed by atoms with Gasteiger partial charge in [0.05, 0.1) is 0 Å². The Morgan fingerprint density at radius 1 is 1.29 bits per heavy atom. The van der Waals surface area contributed by atoms with Crippen LogP contribution in [0.5, 0.6) is 0 Å². The number of nitrogens with zero attached hydrogens (tertiary/aromatic N) is 1. The van der Waals surface area contributed by atoms with Crippen LogP contribution in [0.2, 0.25) is 0 Å². The van der Waals surface area contributed by atoms with Crippen molar-refractivity contribution in [2.45, 2.75) is 26.4 Å². The van der Waals surface area contributed by atoms with Gasteiger partial charge in [0.2, 0.25) is 0 Å². The minimum Gasteiger partial charge on any atom is -0.327 e. The molecular formula is C12H20N2. The monoisotopic (exact) mass is 192 g/mol. The van der Waals surface area contributed by atoms with Gasteiger partial charge in [-0.05, 0) is 19.0 Å². The van der Waals surface area contributed by atoms with Gasteiger partial charge in [-0.3, -0.25) is 4.90 Å². The topological polar surface area (TPSA) is 29.3 Å². The molecule has 1 atom stereocenters. The fraction of sp³-hybridized carbons (Fsp3) is 0.500. The van der Waals surface area contributed by atoms with E-state index in [1.54, 1.807) is 0 Å². The summed E-state index contributed by atoms with van der Waals surface area (Å²) in [6, 6.07) is 10.8. The van der Waals surface area contributed by atoms with Crippen LogP contribution in [0, 0.1) is 0 Å². The maximum absolute atomic E-state index is 5.78. The predicted octanol–water partition coefficient (Wildman–Crippen LogP) is 1.86. The van der Waals surface area contributed by atoms with Gasteiger partial charge >= 0.3 is 0 Å². The van der Waals surface area contributed by atoms with Crippen LogP contribution in [0.4, 0.5) is 0 Å². The zero-order valence-corrected chi connectivity index (χ0v) is 9.11. The molecule has 1 aromatic carbocycles. The molecule has 14 heavy (non-hydrogen) atoms. The van der Waals surface area contributed by atoms with Crippen molar-refractivity contribution in [1.82, 2.24) is 4.90 Å². The number of nitrogens with two attached hydrogens (primary N) is 1. The lowest BCUT2D eigenvalue weighted by Gasteiger charge is -2.22. The summed E-state index contributed by atoms with van der Waals surface area (Å²) in [5, 5.41) is 0. The van der Waals surface area contributed by atoms with E-state index in [1.165, 1.54) is 5.56 Å². The van der Waals surface area contributed by atoms with Gasteiger partial charge in [0.15, 0.2) is 0 Å². The second kappa shape index (κ2) is 5.78. The lowest BCUT2D eigenvalue weighted by atomic mass is 10.2. The zero-order chi connectivity index (χ0) is 10.4. The number of hydrogen-bond acceptors (Lipinski definition) is 2. The molecule has 0 saturated heterocycles. The molecule has 0 amide bonds. The smallest absolute Gasteiger partial charge is 0.0234 e. The van der Waals surface area contributed by atoms with Crippen LogP contribution in [0.25, 0.3) is 0 Å². The van der Waals surface area contributed by atoms with Crippen molar-refractivity contribution in [1.29, 1.82) is 0 Å². The zero-order valence-electron chi connectivity index (χ0n) is 9.11. The Morgan fingerprint density at radius 2 is 1.93 bits per heavy atom. The van der Waals surface area contributed by atoms with E-state index in [2.05, 4.69) is 36.1 Å². The molecule has 0 aliphatic rings. The molecule has 0 radical (unpaired) electrons. The van der Waals surface area contributed by atoms with Gasteiger partial charge in [-0.25, -0.2) is 0 Å². The number of likely N-dealkylation sites (N-methyl/N-ethyl adjacent to an activating group) is 1. The van der Waals surface area contributed by atoms with Crippen LogP contribution >= 0.6 is 0 Å². The van der Waals surface area contributed by atoms with Crippen LogP contribution in [-0.4, -0.2) is 24.0 Å². The van der Waals surface area contributed by atoms with E-state index < -0.39 is 0 Å². The van der Waals surface area contributed by atoms with Gasteiger partial charge in [-0.15, -0.1) is 0 Å². The molecule has 0 spiro atoms. The first-order valence-corrected chi connectivity index (χ1v) is 5.24. The highest BCUT2D eigenvalue weighted by Gasteiger charge is 2.05. The SMILES string of the molecule is CCN(Cc1ccccc1)C[C@@H](C)N. The maximum Gasteiger partial charge on any atom is 0.0234 e. The van der Waals surface area contributed by atoms with Crippen LogP contribution < -0.4 is 5.73 Å². The second-order valence-electron chi connectivity index (χ2n) is 3.79. The molecule has 0 aliphatic heterocycles. The van der Waals surface area contributed by atoms with E-state index in [4.69, 9.17) is 5.73 Å². The molecule has 78 valence electrons. The first kappa shape index (κ1) is 11.2. The normalized spacial score (nSPS) is 13.1. The Bertz CT molecular complexity index is 244. The van der Waals surface area contributed by atoms with Crippen molar-refractivity contribution in [3.8, 4) is 0 Å². The highest BCUT2D eigenvalue weighted by Crippen LogP contribution is 2.04. The molecule has 1 aromatic rings. The summed E-state index contributed by atoms with van der Waals surface area (Å²) in [6.45, 7) is 7.24. The highest BCUT2D eigenvalue weighted by atomic mass is 15.1. The Hall–Kier alpha value is -0.860. The first-order chi connectivity index (χ1) is 6.72. The molecule has 0 aromatic heterocycles. The minimum absolute atomic E-state index is 0.249. The van der Waals surface area contributed by atoms with Crippen molar-refractivity contribution < 1.29 is 0 Å². The van der Waals surface area contributed by atoms with Crippen molar-refractivity contribution in [3.05, 3.63) is 35.9 Å². The number of rotatable bonds is 5. The van der Waals surface area contributed by atoms with Crippen LogP contribution in [-0.2, 0) is 6.54 Å². The summed E-state index contributed by atoms with van der Waals surface area (Å²) < 4.78 is 0. The lowest BCUT2D eigenvalue weighted by Crippen LogP contribution is -2.35. The van der Waals surface area contributed by atoms with Crippen LogP contribution in [0.3, 0.4) is 0 Å². The molecule has 2 nitrogen and oxygen atoms in total. The Kier molecular flexibility index (Phi) is 4.63. The van der Waals surface area contributed by atoms with E-state index in [9.17, 15) is 0 Å². The Labute approximate surface area is 86.7 Å². The molecule has 1 rings (SSSR count). The van der Waals surface area contributed by atoms with Crippen molar-refractivity contribution >= 4 is 0 Å². The van der Waals surface area contributed by atoms with Gasteiger partial charge < -0.3 is 5.73 Å². The third-order valence-corrected chi connectivity index (χ3v) is 2.24. The summed E-state index contributed by atoms with van der Waals surface area (Å²) in [6.07, 6.45) is 0. The second-order valence-corrected chi connectivity index (χ2v) is 3.79. The standard InChI is InChI=1S/C12H20N2/c1-3-14(9-11(2)13)10-12-7-5-4-6-8-12/h4-8,11H,3,9-10,13H2,1-2H3/t11-/m1/s1. The Balaban J connectivity index is 2.48. The van der Waals surface area contributed by atoms with E-state index in [0.717, 1.165) is 19.6 Å². The summed E-state index contributed by atoms with van der Waals surface area (Å²) in [5.41, 5.74) is 7.14. The summed E-state index contributed by atoms with van der Waals surface area (Å²) in [5.74, 6) is 0. The van der Waals surface area contributed by atoms with Gasteiger partial charge in [-0.2, -0.15) is 0 Å². The largest absolute Gasteiger partial charge is 0.327 e. The number of hydrogen-bond donors (Lipinski definition) is 1.